The van der Waals surface area contributed by atoms with Crippen molar-refractivity contribution in [3.05, 3.63) is 62.0 Å². The molecule has 0 spiro atoms. The molecule has 1 amide bonds. The second-order valence-electron chi connectivity index (χ2n) is 10.3. The van der Waals surface area contributed by atoms with Crippen molar-refractivity contribution >= 4 is 29.3 Å². The Kier molecular flexibility index (Phi) is 7.21. The molecule has 0 saturated heterocycles. The van der Waals surface area contributed by atoms with Gasteiger partial charge in [0.25, 0.3) is 17.3 Å². The minimum atomic E-state index is -0.876. The normalized spacial score (nSPS) is 22.5. The minimum absolute atomic E-state index is 0.0998. The average molecular weight is 558 g/mol. The number of aryl methyl sites for hydroxylation is 2. The van der Waals surface area contributed by atoms with Gasteiger partial charge >= 0.3 is 0 Å². The molecule has 38 heavy (non-hydrogen) atoms. The number of nitrogens with zero attached hydrogens (tertiary/aromatic N) is 3. The molecule has 1 fully saturated rings. The molecule has 1 aliphatic heterocycles. The van der Waals surface area contributed by atoms with Gasteiger partial charge in [-0.1, -0.05) is 11.6 Å². The zero-order chi connectivity index (χ0) is 27.2. The molecule has 2 aliphatic rings. The fraction of sp³-hybridized carbons (Fsp3) is 0.481. The summed E-state index contributed by atoms with van der Waals surface area (Å²) in [5.74, 6) is 1.29. The topological polar surface area (TPSA) is 111 Å². The van der Waals surface area contributed by atoms with Crippen molar-refractivity contribution in [1.29, 1.82) is 0 Å². The van der Waals surface area contributed by atoms with Crippen LogP contribution in [0.4, 0.5) is 0 Å². The van der Waals surface area contributed by atoms with Crippen LogP contribution in [0.15, 0.2) is 28.2 Å². The van der Waals surface area contributed by atoms with E-state index >= 15 is 0 Å². The molecule has 3 heterocycles. The Balaban J connectivity index is 1.31. The summed E-state index contributed by atoms with van der Waals surface area (Å²) in [4.78, 5) is 29.3. The Morgan fingerprint density at radius 3 is 2.61 bits per heavy atom. The molecule has 1 aromatic carbocycles. The highest BCUT2D eigenvalue weighted by molar-refractivity contribution is 7.98. The maximum Gasteiger partial charge on any atom is 0.254 e. The maximum atomic E-state index is 13.2. The molecule has 1 atom stereocenters. The summed E-state index contributed by atoms with van der Waals surface area (Å²) in [6.45, 7) is 5.71. The highest BCUT2D eigenvalue weighted by Gasteiger charge is 2.47. The van der Waals surface area contributed by atoms with Crippen LogP contribution < -0.4 is 20.3 Å². The van der Waals surface area contributed by atoms with E-state index in [4.69, 9.17) is 21.1 Å². The van der Waals surface area contributed by atoms with Crippen LogP contribution in [0.1, 0.15) is 71.5 Å². The lowest BCUT2D eigenvalue weighted by Gasteiger charge is -2.37. The third-order valence-corrected chi connectivity index (χ3v) is 8.83. The number of ether oxygens (including phenoxy) is 2. The summed E-state index contributed by atoms with van der Waals surface area (Å²) in [7, 11) is 1.97. The molecule has 3 aromatic rings. The van der Waals surface area contributed by atoms with E-state index in [0.717, 1.165) is 42.1 Å². The van der Waals surface area contributed by atoms with Crippen molar-refractivity contribution in [3.63, 3.8) is 0 Å². The molecule has 5 rings (SSSR count). The SMILES string of the molecule is CSc1cc(C)[nH]c(=O)c1CNC(=O)c1cc(Cl)c2c(c1C)OC(C)(C1CCC(c3nncn3C)CC1)O2. The number of thioether (sulfide) groups is 1. The number of hydrogen-bond acceptors (Lipinski definition) is 7. The van der Waals surface area contributed by atoms with Gasteiger partial charge < -0.3 is 24.3 Å². The fourth-order valence-electron chi connectivity index (χ4n) is 5.59. The standard InChI is InChI=1S/C27H32ClN5O4S/c1-14-10-21(38-5)19(26(35)31-14)12-29-25(34)18-11-20(28)23-22(15(18)2)36-27(3,37-23)17-8-6-16(7-9-17)24-32-30-13-33(24)4/h10-11,13,16-17H,6-9,12H2,1-5H3,(H,29,34)(H,31,35). The van der Waals surface area contributed by atoms with Crippen molar-refractivity contribution in [2.75, 3.05) is 6.26 Å². The molecular formula is C27H32ClN5O4S. The summed E-state index contributed by atoms with van der Waals surface area (Å²) < 4.78 is 14.8. The second-order valence-corrected chi connectivity index (χ2v) is 11.5. The van der Waals surface area contributed by atoms with E-state index in [1.165, 1.54) is 11.8 Å². The van der Waals surface area contributed by atoms with Gasteiger partial charge in [0.05, 0.1) is 5.02 Å². The van der Waals surface area contributed by atoms with Gasteiger partial charge in [0.1, 0.15) is 12.2 Å². The van der Waals surface area contributed by atoms with Crippen LogP contribution in [0, 0.1) is 19.8 Å². The summed E-state index contributed by atoms with van der Waals surface area (Å²) >= 11 is 8.08. The van der Waals surface area contributed by atoms with Gasteiger partial charge in [-0.05, 0) is 57.9 Å². The van der Waals surface area contributed by atoms with Crippen LogP contribution in [0.3, 0.4) is 0 Å². The van der Waals surface area contributed by atoms with Crippen molar-refractivity contribution < 1.29 is 14.3 Å². The van der Waals surface area contributed by atoms with Gasteiger partial charge in [-0.2, -0.15) is 0 Å². The predicted octanol–water partition coefficient (Wildman–Crippen LogP) is 4.89. The molecule has 1 unspecified atom stereocenters. The Hall–Kier alpha value is -2.98. The Morgan fingerprint density at radius 2 is 1.95 bits per heavy atom. The third kappa shape index (κ3) is 4.80. The molecule has 9 nitrogen and oxygen atoms in total. The van der Waals surface area contributed by atoms with Gasteiger partial charge in [0.15, 0.2) is 11.5 Å². The van der Waals surface area contributed by atoms with Crippen LogP contribution in [-0.4, -0.2) is 37.7 Å². The molecule has 2 N–H and O–H groups in total. The van der Waals surface area contributed by atoms with Crippen LogP contribution in [-0.2, 0) is 13.6 Å². The quantitative estimate of drug-likeness (QED) is 0.415. The number of fused-ring (bicyclic) bond motifs is 1. The molecule has 2 aromatic heterocycles. The zero-order valence-electron chi connectivity index (χ0n) is 22.2. The van der Waals surface area contributed by atoms with Crippen LogP contribution in [0.2, 0.25) is 5.02 Å². The first-order chi connectivity index (χ1) is 18.1. The maximum absolute atomic E-state index is 13.2. The highest BCUT2D eigenvalue weighted by atomic mass is 35.5. The predicted molar refractivity (Wildman–Crippen MR) is 146 cm³/mol. The van der Waals surface area contributed by atoms with E-state index in [1.807, 2.05) is 44.7 Å². The molecule has 1 aliphatic carbocycles. The fourth-order valence-corrected chi connectivity index (χ4v) is 6.53. The van der Waals surface area contributed by atoms with Gasteiger partial charge in [-0.25, -0.2) is 0 Å². The molecule has 1 saturated carbocycles. The largest absolute Gasteiger partial charge is 0.448 e. The van der Waals surface area contributed by atoms with Gasteiger partial charge in [0.2, 0.25) is 0 Å². The number of hydrogen-bond donors (Lipinski definition) is 2. The van der Waals surface area contributed by atoms with Crippen molar-refractivity contribution in [2.45, 2.75) is 69.6 Å². The molecule has 202 valence electrons. The first-order valence-electron chi connectivity index (χ1n) is 12.7. The number of carbonyl (C=O) groups is 1. The summed E-state index contributed by atoms with van der Waals surface area (Å²) in [6, 6.07) is 3.51. The van der Waals surface area contributed by atoms with E-state index < -0.39 is 5.79 Å². The number of halogens is 1. The molecule has 0 bridgehead atoms. The third-order valence-electron chi connectivity index (χ3n) is 7.75. The Morgan fingerprint density at radius 1 is 1.24 bits per heavy atom. The number of aromatic nitrogens is 4. The number of rotatable bonds is 6. The second kappa shape index (κ2) is 10.3. The summed E-state index contributed by atoms with van der Waals surface area (Å²) in [5, 5.41) is 11.5. The van der Waals surface area contributed by atoms with Crippen molar-refractivity contribution in [1.82, 2.24) is 25.1 Å². The Bertz CT molecular complexity index is 1450. The van der Waals surface area contributed by atoms with E-state index in [2.05, 4.69) is 20.5 Å². The lowest BCUT2D eigenvalue weighted by molar-refractivity contribution is -0.121. The zero-order valence-corrected chi connectivity index (χ0v) is 23.8. The number of nitrogens with one attached hydrogen (secondary N) is 2. The molecular weight excluding hydrogens is 526 g/mol. The number of amides is 1. The van der Waals surface area contributed by atoms with Gasteiger partial charge in [0, 0.05) is 59.6 Å². The lowest BCUT2D eigenvalue weighted by Crippen LogP contribution is -2.44. The van der Waals surface area contributed by atoms with Crippen molar-refractivity contribution in [3.8, 4) is 11.5 Å². The van der Waals surface area contributed by atoms with E-state index in [0.29, 0.717) is 39.1 Å². The van der Waals surface area contributed by atoms with E-state index in [1.54, 1.807) is 12.4 Å². The number of carbonyl (C=O) groups excluding carboxylic acids is 1. The average Bonchev–Trinajstić information content (AvgIpc) is 3.49. The number of pyridine rings is 1. The van der Waals surface area contributed by atoms with Crippen LogP contribution >= 0.6 is 23.4 Å². The number of benzene rings is 1. The first kappa shape index (κ1) is 26.6. The highest BCUT2D eigenvalue weighted by Crippen LogP contribution is 2.52. The summed E-state index contributed by atoms with van der Waals surface area (Å²) in [5.41, 5.74) is 2.13. The van der Waals surface area contributed by atoms with Crippen LogP contribution in [0.5, 0.6) is 11.5 Å². The minimum Gasteiger partial charge on any atom is -0.448 e. The first-order valence-corrected chi connectivity index (χ1v) is 14.3. The number of H-pyrrole nitrogens is 1. The lowest BCUT2D eigenvalue weighted by atomic mass is 9.78. The monoisotopic (exact) mass is 557 g/mol. The van der Waals surface area contributed by atoms with Gasteiger partial charge in [-0.15, -0.1) is 22.0 Å². The molecule has 0 radical (unpaired) electrons. The van der Waals surface area contributed by atoms with E-state index in [-0.39, 0.29) is 23.9 Å². The van der Waals surface area contributed by atoms with E-state index in [9.17, 15) is 9.59 Å². The molecule has 11 heteroatoms. The van der Waals surface area contributed by atoms with Gasteiger partial charge in [-0.3, -0.25) is 9.59 Å². The van der Waals surface area contributed by atoms with Crippen LogP contribution in [0.25, 0.3) is 0 Å². The Labute approximate surface area is 230 Å². The summed E-state index contributed by atoms with van der Waals surface area (Å²) in [6.07, 6.45) is 7.39. The van der Waals surface area contributed by atoms with Crippen molar-refractivity contribution in [2.24, 2.45) is 13.0 Å². The smallest absolute Gasteiger partial charge is 0.254 e. The number of aromatic amines is 1.